The summed E-state index contributed by atoms with van der Waals surface area (Å²) in [5, 5.41) is 3.05. The van der Waals surface area contributed by atoms with Gasteiger partial charge in [-0.15, -0.1) is 0 Å². The maximum atomic E-state index is 5.13. The number of ether oxygens (including phenoxy) is 1. The first-order valence-electron chi connectivity index (χ1n) is 4.15. The van der Waals surface area contributed by atoms with E-state index in [0.29, 0.717) is 6.61 Å². The summed E-state index contributed by atoms with van der Waals surface area (Å²) >= 11 is 0. The number of nitrogens with zero attached hydrogens (tertiary/aromatic N) is 1. The topological polar surface area (TPSA) is 33.6 Å². The van der Waals surface area contributed by atoms with Crippen LogP contribution in [-0.2, 0) is 11.3 Å². The standard InChI is InChI=1S/C10H14N2O/c1-11-8-13-7-9-3-5-10(12-2)6-4-9/h3-6,8,12H,7H2,1-2H3. The van der Waals surface area contributed by atoms with Crippen LogP contribution in [0.3, 0.4) is 0 Å². The van der Waals surface area contributed by atoms with Gasteiger partial charge in [-0.25, -0.2) is 0 Å². The third kappa shape index (κ3) is 3.15. The highest BCUT2D eigenvalue weighted by molar-refractivity contribution is 5.47. The van der Waals surface area contributed by atoms with Crippen LogP contribution in [0.2, 0.25) is 0 Å². The highest BCUT2D eigenvalue weighted by Gasteiger charge is 1.91. The number of benzene rings is 1. The van der Waals surface area contributed by atoms with E-state index in [9.17, 15) is 0 Å². The zero-order chi connectivity index (χ0) is 9.52. The van der Waals surface area contributed by atoms with Crippen molar-refractivity contribution in [2.24, 2.45) is 4.99 Å². The molecule has 0 aliphatic carbocycles. The molecule has 0 amide bonds. The molecule has 0 fully saturated rings. The van der Waals surface area contributed by atoms with Gasteiger partial charge in [0.05, 0.1) is 0 Å². The number of rotatable bonds is 4. The average Bonchev–Trinajstić information content (AvgIpc) is 2.19. The molecule has 1 N–H and O–H groups in total. The third-order valence-corrected chi connectivity index (χ3v) is 1.67. The van der Waals surface area contributed by atoms with E-state index in [1.54, 1.807) is 7.05 Å². The van der Waals surface area contributed by atoms with Crippen LogP contribution in [0, 0.1) is 0 Å². The molecule has 0 aliphatic rings. The van der Waals surface area contributed by atoms with Crippen LogP contribution in [0.1, 0.15) is 5.56 Å². The van der Waals surface area contributed by atoms with Gasteiger partial charge in [0.1, 0.15) is 6.61 Å². The molecule has 0 saturated heterocycles. The lowest BCUT2D eigenvalue weighted by atomic mass is 10.2. The first-order chi connectivity index (χ1) is 6.36. The molecule has 0 bridgehead atoms. The summed E-state index contributed by atoms with van der Waals surface area (Å²) in [6.45, 7) is 0.571. The summed E-state index contributed by atoms with van der Waals surface area (Å²) in [4.78, 5) is 3.72. The van der Waals surface area contributed by atoms with E-state index >= 15 is 0 Å². The second kappa shape index (κ2) is 5.19. The lowest BCUT2D eigenvalue weighted by molar-refractivity contribution is 0.307. The van der Waals surface area contributed by atoms with Gasteiger partial charge < -0.3 is 10.1 Å². The Hall–Kier alpha value is -1.51. The molecule has 0 heterocycles. The van der Waals surface area contributed by atoms with Crippen LogP contribution in [0.25, 0.3) is 0 Å². The fourth-order valence-corrected chi connectivity index (χ4v) is 0.976. The summed E-state index contributed by atoms with van der Waals surface area (Å²) in [6, 6.07) is 8.08. The number of aliphatic imine (C=N–C) groups is 1. The minimum absolute atomic E-state index is 0.571. The lowest BCUT2D eigenvalue weighted by Gasteiger charge is -2.02. The molecule has 0 radical (unpaired) electrons. The average molecular weight is 178 g/mol. The van der Waals surface area contributed by atoms with Crippen molar-refractivity contribution < 1.29 is 4.74 Å². The first-order valence-corrected chi connectivity index (χ1v) is 4.15. The summed E-state index contributed by atoms with van der Waals surface area (Å²) < 4.78 is 5.13. The van der Waals surface area contributed by atoms with Gasteiger partial charge in [-0.1, -0.05) is 12.1 Å². The van der Waals surface area contributed by atoms with Crippen molar-refractivity contribution in [2.75, 3.05) is 19.4 Å². The predicted molar refractivity (Wildman–Crippen MR) is 55.2 cm³/mol. The van der Waals surface area contributed by atoms with Crippen LogP contribution in [0.4, 0.5) is 5.69 Å². The Kier molecular flexibility index (Phi) is 3.82. The summed E-state index contributed by atoms with van der Waals surface area (Å²) in [5.41, 5.74) is 2.24. The number of hydrogen-bond acceptors (Lipinski definition) is 3. The van der Waals surface area contributed by atoms with Gasteiger partial charge in [0.2, 0.25) is 0 Å². The van der Waals surface area contributed by atoms with Crippen molar-refractivity contribution >= 4 is 12.1 Å². The van der Waals surface area contributed by atoms with Crippen molar-refractivity contribution in [1.29, 1.82) is 0 Å². The van der Waals surface area contributed by atoms with Gasteiger partial charge in [-0.05, 0) is 17.7 Å². The smallest absolute Gasteiger partial charge is 0.169 e. The second-order valence-corrected chi connectivity index (χ2v) is 2.62. The highest BCUT2D eigenvalue weighted by atomic mass is 16.5. The Morgan fingerprint density at radius 3 is 2.62 bits per heavy atom. The zero-order valence-electron chi connectivity index (χ0n) is 7.95. The van der Waals surface area contributed by atoms with Crippen LogP contribution < -0.4 is 5.32 Å². The largest absolute Gasteiger partial charge is 0.479 e. The molecular formula is C10H14N2O. The minimum Gasteiger partial charge on any atom is -0.479 e. The van der Waals surface area contributed by atoms with Gasteiger partial charge in [0.25, 0.3) is 0 Å². The maximum Gasteiger partial charge on any atom is 0.169 e. The molecule has 0 spiro atoms. The van der Waals surface area contributed by atoms with Crippen LogP contribution in [-0.4, -0.2) is 20.5 Å². The Bertz CT molecular complexity index is 267. The van der Waals surface area contributed by atoms with Gasteiger partial charge in [0, 0.05) is 19.8 Å². The predicted octanol–water partition coefficient (Wildman–Crippen LogP) is 1.90. The molecule has 1 rings (SSSR count). The molecule has 0 atom stereocenters. The van der Waals surface area contributed by atoms with E-state index in [1.165, 1.54) is 6.40 Å². The quantitative estimate of drug-likeness (QED) is 0.564. The fourth-order valence-electron chi connectivity index (χ4n) is 0.976. The van der Waals surface area contributed by atoms with Gasteiger partial charge in [-0.3, -0.25) is 4.99 Å². The Labute approximate surface area is 78.4 Å². The summed E-state index contributed by atoms with van der Waals surface area (Å²) in [5.74, 6) is 0. The first kappa shape index (κ1) is 9.58. The second-order valence-electron chi connectivity index (χ2n) is 2.62. The van der Waals surface area contributed by atoms with Crippen LogP contribution >= 0.6 is 0 Å². The fraction of sp³-hybridized carbons (Fsp3) is 0.300. The van der Waals surface area contributed by atoms with Crippen molar-refractivity contribution in [2.45, 2.75) is 6.61 Å². The lowest BCUT2D eigenvalue weighted by Crippen LogP contribution is -1.92. The van der Waals surface area contributed by atoms with Crippen molar-refractivity contribution in [3.05, 3.63) is 29.8 Å². The molecule has 1 aromatic rings. The summed E-state index contributed by atoms with van der Waals surface area (Å²) in [6.07, 6.45) is 1.45. The Balaban J connectivity index is 2.49. The van der Waals surface area contributed by atoms with Crippen molar-refractivity contribution in [3.8, 4) is 0 Å². The molecule has 0 saturated carbocycles. The Morgan fingerprint density at radius 2 is 2.08 bits per heavy atom. The molecular weight excluding hydrogens is 164 g/mol. The van der Waals surface area contributed by atoms with Crippen molar-refractivity contribution in [1.82, 2.24) is 0 Å². The zero-order valence-corrected chi connectivity index (χ0v) is 7.95. The SMILES string of the molecule is CN=COCc1ccc(NC)cc1. The van der Waals surface area contributed by atoms with E-state index < -0.39 is 0 Å². The summed E-state index contributed by atoms with van der Waals surface area (Å²) in [7, 11) is 3.58. The molecule has 0 unspecified atom stereocenters. The van der Waals surface area contributed by atoms with Gasteiger partial charge >= 0.3 is 0 Å². The van der Waals surface area contributed by atoms with Gasteiger partial charge in [0.15, 0.2) is 6.40 Å². The van der Waals surface area contributed by atoms with Crippen LogP contribution in [0.15, 0.2) is 29.3 Å². The van der Waals surface area contributed by atoms with E-state index in [4.69, 9.17) is 4.74 Å². The minimum atomic E-state index is 0.571. The van der Waals surface area contributed by atoms with E-state index in [1.807, 2.05) is 31.3 Å². The third-order valence-electron chi connectivity index (χ3n) is 1.67. The molecule has 0 aliphatic heterocycles. The van der Waals surface area contributed by atoms with Crippen LogP contribution in [0.5, 0.6) is 0 Å². The van der Waals surface area contributed by atoms with Gasteiger partial charge in [-0.2, -0.15) is 0 Å². The van der Waals surface area contributed by atoms with Crippen molar-refractivity contribution in [3.63, 3.8) is 0 Å². The van der Waals surface area contributed by atoms with E-state index in [2.05, 4.69) is 10.3 Å². The Morgan fingerprint density at radius 1 is 1.38 bits per heavy atom. The molecule has 0 aromatic heterocycles. The number of hydrogen-bond donors (Lipinski definition) is 1. The molecule has 70 valence electrons. The molecule has 1 aromatic carbocycles. The monoisotopic (exact) mass is 178 g/mol. The normalized spacial score (nSPS) is 10.3. The van der Waals surface area contributed by atoms with E-state index in [-0.39, 0.29) is 0 Å². The molecule has 3 nitrogen and oxygen atoms in total. The maximum absolute atomic E-state index is 5.13. The number of anilines is 1. The number of nitrogens with one attached hydrogen (secondary N) is 1. The highest BCUT2D eigenvalue weighted by Crippen LogP contribution is 2.08. The molecule has 13 heavy (non-hydrogen) atoms. The van der Waals surface area contributed by atoms with E-state index in [0.717, 1.165) is 11.3 Å². The molecule has 3 heteroatoms.